The Morgan fingerprint density at radius 3 is 2.56 bits per heavy atom. The fourth-order valence-corrected chi connectivity index (χ4v) is 1.01. The van der Waals surface area contributed by atoms with Gasteiger partial charge < -0.3 is 5.11 Å². The summed E-state index contributed by atoms with van der Waals surface area (Å²) < 4.78 is 0. The minimum atomic E-state index is 0.342. The van der Waals surface area contributed by atoms with Gasteiger partial charge in [-0.1, -0.05) is 29.3 Å². The van der Waals surface area contributed by atoms with Gasteiger partial charge in [0.15, 0.2) is 0 Å². The summed E-state index contributed by atoms with van der Waals surface area (Å²) in [5, 5.41) is 9.52. The summed E-state index contributed by atoms with van der Waals surface area (Å²) in [6, 6.07) is 0. The highest BCUT2D eigenvalue weighted by Gasteiger charge is 1.97. The van der Waals surface area contributed by atoms with Gasteiger partial charge in [0, 0.05) is 11.9 Å². The molecular weight excluding hydrogens is 180 g/mol. The Bertz CT molecular complexity index is 56.9. The molecule has 0 bridgehead atoms. The molecule has 0 aromatic heterocycles. The van der Waals surface area contributed by atoms with Gasteiger partial charge in [0.05, 0.1) is 0 Å². The Morgan fingerprint density at radius 1 is 1.44 bits per heavy atom. The average molecular weight is 195 g/mol. The van der Waals surface area contributed by atoms with E-state index in [2.05, 4.69) is 22.9 Å². The first-order chi connectivity index (χ1) is 4.31. The van der Waals surface area contributed by atoms with Crippen LogP contribution >= 0.6 is 15.9 Å². The molecule has 0 aromatic rings. The molecule has 0 rings (SSSR count). The zero-order valence-electron chi connectivity index (χ0n) is 5.94. The van der Waals surface area contributed by atoms with Crippen molar-refractivity contribution in [2.75, 3.05) is 11.9 Å². The summed E-state index contributed by atoms with van der Waals surface area (Å²) in [5.41, 5.74) is 0. The maximum atomic E-state index is 8.44. The van der Waals surface area contributed by atoms with Crippen LogP contribution in [0, 0.1) is 5.92 Å². The molecule has 0 radical (unpaired) electrons. The molecule has 9 heavy (non-hydrogen) atoms. The fraction of sp³-hybridized carbons (Fsp3) is 1.00. The van der Waals surface area contributed by atoms with E-state index in [-0.39, 0.29) is 0 Å². The lowest BCUT2D eigenvalue weighted by Crippen LogP contribution is -1.95. The Kier molecular flexibility index (Phi) is 6.88. The van der Waals surface area contributed by atoms with E-state index in [0.29, 0.717) is 6.61 Å². The topological polar surface area (TPSA) is 20.2 Å². The van der Waals surface area contributed by atoms with Gasteiger partial charge in [-0.15, -0.1) is 0 Å². The van der Waals surface area contributed by atoms with Gasteiger partial charge in [-0.3, -0.25) is 0 Å². The van der Waals surface area contributed by atoms with Crippen LogP contribution in [-0.4, -0.2) is 17.0 Å². The third kappa shape index (κ3) is 6.32. The molecule has 0 aliphatic rings. The molecule has 0 heterocycles. The van der Waals surface area contributed by atoms with E-state index in [1.165, 1.54) is 6.42 Å². The lowest BCUT2D eigenvalue weighted by molar-refractivity contribution is 0.280. The zero-order chi connectivity index (χ0) is 7.11. The molecule has 1 atom stereocenters. The highest BCUT2D eigenvalue weighted by atomic mass is 79.9. The number of alkyl halides is 1. The number of aliphatic hydroxyl groups excluding tert-OH is 1. The van der Waals surface area contributed by atoms with Gasteiger partial charge in [0.25, 0.3) is 0 Å². The lowest BCUT2D eigenvalue weighted by Gasteiger charge is -2.04. The first-order valence-electron chi connectivity index (χ1n) is 3.48. The van der Waals surface area contributed by atoms with Crippen LogP contribution in [0.2, 0.25) is 0 Å². The van der Waals surface area contributed by atoms with Crippen LogP contribution in [0.5, 0.6) is 0 Å². The maximum Gasteiger partial charge on any atom is 0.0431 e. The molecule has 0 aliphatic carbocycles. The van der Waals surface area contributed by atoms with Crippen molar-refractivity contribution in [1.29, 1.82) is 0 Å². The van der Waals surface area contributed by atoms with E-state index in [1.807, 2.05) is 0 Å². The molecule has 0 unspecified atom stereocenters. The van der Waals surface area contributed by atoms with Gasteiger partial charge in [-0.25, -0.2) is 0 Å². The third-order valence-electron chi connectivity index (χ3n) is 1.37. The molecule has 0 aromatic carbocycles. The van der Waals surface area contributed by atoms with Gasteiger partial charge in [-0.2, -0.15) is 0 Å². The largest absolute Gasteiger partial charge is 0.396 e. The van der Waals surface area contributed by atoms with Crippen molar-refractivity contribution in [3.8, 4) is 0 Å². The second kappa shape index (κ2) is 6.56. The molecular formula is C7H15BrO. The van der Waals surface area contributed by atoms with Crippen LogP contribution in [0.1, 0.15) is 26.2 Å². The molecule has 0 aliphatic heterocycles. The number of hydrogen-bond donors (Lipinski definition) is 1. The van der Waals surface area contributed by atoms with Crippen molar-refractivity contribution in [3.05, 3.63) is 0 Å². The first-order valence-corrected chi connectivity index (χ1v) is 4.60. The second-order valence-electron chi connectivity index (χ2n) is 2.48. The minimum Gasteiger partial charge on any atom is -0.396 e. The van der Waals surface area contributed by atoms with E-state index < -0.39 is 0 Å². The number of rotatable bonds is 5. The quantitative estimate of drug-likeness (QED) is 0.526. The first kappa shape index (κ1) is 9.44. The van der Waals surface area contributed by atoms with Crippen LogP contribution in [-0.2, 0) is 0 Å². The highest BCUT2D eigenvalue weighted by Crippen LogP contribution is 2.09. The molecule has 0 amide bonds. The number of unbranched alkanes of at least 4 members (excludes halogenated alkanes) is 1. The maximum absolute atomic E-state index is 8.44. The predicted molar refractivity (Wildman–Crippen MR) is 43.9 cm³/mol. The predicted octanol–water partition coefficient (Wildman–Crippen LogP) is 2.18. The van der Waals surface area contributed by atoms with Crippen molar-refractivity contribution in [2.45, 2.75) is 26.2 Å². The van der Waals surface area contributed by atoms with E-state index in [0.717, 1.165) is 24.1 Å². The van der Waals surface area contributed by atoms with Crippen LogP contribution in [0.25, 0.3) is 0 Å². The normalized spacial score (nSPS) is 13.7. The summed E-state index contributed by atoms with van der Waals surface area (Å²) in [7, 11) is 0. The Balaban J connectivity index is 2.88. The minimum absolute atomic E-state index is 0.342. The van der Waals surface area contributed by atoms with E-state index >= 15 is 0 Å². The zero-order valence-corrected chi connectivity index (χ0v) is 7.52. The summed E-state index contributed by atoms with van der Waals surface area (Å²) in [6.45, 7) is 2.56. The van der Waals surface area contributed by atoms with E-state index in [4.69, 9.17) is 5.11 Å². The molecule has 56 valence electrons. The molecule has 1 N–H and O–H groups in total. The monoisotopic (exact) mass is 194 g/mol. The van der Waals surface area contributed by atoms with Crippen molar-refractivity contribution in [1.82, 2.24) is 0 Å². The summed E-state index contributed by atoms with van der Waals surface area (Å²) in [5.74, 6) is 0.761. The van der Waals surface area contributed by atoms with Crippen molar-refractivity contribution < 1.29 is 5.11 Å². The summed E-state index contributed by atoms with van der Waals surface area (Å²) >= 11 is 3.40. The highest BCUT2D eigenvalue weighted by molar-refractivity contribution is 9.09. The van der Waals surface area contributed by atoms with Crippen molar-refractivity contribution in [2.24, 2.45) is 5.92 Å². The van der Waals surface area contributed by atoms with Gasteiger partial charge >= 0.3 is 0 Å². The standard InChI is InChI=1S/C7H15BrO/c1-7(6-8)4-2-3-5-9/h7,9H,2-6H2,1H3/t7-/m0/s1. The van der Waals surface area contributed by atoms with Crippen LogP contribution in [0.3, 0.4) is 0 Å². The van der Waals surface area contributed by atoms with Crippen molar-refractivity contribution >= 4 is 15.9 Å². The molecule has 2 heteroatoms. The molecule has 1 nitrogen and oxygen atoms in total. The Morgan fingerprint density at radius 2 is 2.11 bits per heavy atom. The third-order valence-corrected chi connectivity index (χ3v) is 2.47. The smallest absolute Gasteiger partial charge is 0.0431 e. The number of hydrogen-bond acceptors (Lipinski definition) is 1. The molecule has 0 saturated carbocycles. The summed E-state index contributed by atoms with van der Waals surface area (Å²) in [4.78, 5) is 0. The average Bonchev–Trinajstić information content (AvgIpc) is 1.89. The second-order valence-corrected chi connectivity index (χ2v) is 3.13. The van der Waals surface area contributed by atoms with Gasteiger partial charge in [0.2, 0.25) is 0 Å². The summed E-state index contributed by atoms with van der Waals surface area (Å²) in [6.07, 6.45) is 3.34. The number of halogens is 1. The van der Waals surface area contributed by atoms with E-state index in [1.54, 1.807) is 0 Å². The molecule has 0 spiro atoms. The van der Waals surface area contributed by atoms with Crippen molar-refractivity contribution in [3.63, 3.8) is 0 Å². The van der Waals surface area contributed by atoms with Crippen LogP contribution < -0.4 is 0 Å². The Hall–Kier alpha value is 0.440. The molecule has 0 fully saturated rings. The fourth-order valence-electron chi connectivity index (χ4n) is 0.682. The van der Waals surface area contributed by atoms with Gasteiger partial charge in [0.1, 0.15) is 0 Å². The number of aliphatic hydroxyl groups is 1. The van der Waals surface area contributed by atoms with Crippen LogP contribution in [0.15, 0.2) is 0 Å². The van der Waals surface area contributed by atoms with Crippen LogP contribution in [0.4, 0.5) is 0 Å². The van der Waals surface area contributed by atoms with Gasteiger partial charge in [-0.05, 0) is 18.8 Å². The molecule has 0 saturated heterocycles. The Labute approximate surface area is 65.6 Å². The SMILES string of the molecule is C[C@H](CBr)CCCCO. The lowest BCUT2D eigenvalue weighted by atomic mass is 10.1. The van der Waals surface area contributed by atoms with E-state index in [9.17, 15) is 0 Å².